The summed E-state index contributed by atoms with van der Waals surface area (Å²) in [5, 5.41) is 6.79. The Morgan fingerprint density at radius 3 is 2.85 bits per heavy atom. The quantitative estimate of drug-likeness (QED) is 0.827. The van der Waals surface area contributed by atoms with E-state index in [-0.39, 0.29) is 17.0 Å². The summed E-state index contributed by atoms with van der Waals surface area (Å²) in [5.41, 5.74) is 2.00. The highest BCUT2D eigenvalue weighted by atomic mass is 16.2. The van der Waals surface area contributed by atoms with Gasteiger partial charge in [0.15, 0.2) is 0 Å². The first-order chi connectivity index (χ1) is 9.50. The highest BCUT2D eigenvalue weighted by Crippen LogP contribution is 2.05. The van der Waals surface area contributed by atoms with Gasteiger partial charge in [0.2, 0.25) is 0 Å². The van der Waals surface area contributed by atoms with Crippen molar-refractivity contribution in [1.82, 2.24) is 25.1 Å². The van der Waals surface area contributed by atoms with E-state index >= 15 is 0 Å². The normalized spacial score (nSPS) is 10.6. The Kier molecular flexibility index (Phi) is 3.97. The molecular weight excluding hydrogens is 258 g/mol. The van der Waals surface area contributed by atoms with Crippen LogP contribution in [0.4, 0.5) is 0 Å². The van der Waals surface area contributed by atoms with Crippen LogP contribution in [-0.2, 0) is 13.5 Å². The number of aromatic nitrogens is 4. The Bertz CT molecular complexity index is 673. The molecule has 7 heteroatoms. The lowest BCUT2D eigenvalue weighted by molar-refractivity contribution is 0.0951. The minimum Gasteiger partial charge on any atom is -0.351 e. The van der Waals surface area contributed by atoms with Crippen molar-refractivity contribution < 1.29 is 4.79 Å². The molecule has 2 aromatic rings. The van der Waals surface area contributed by atoms with Gasteiger partial charge in [-0.3, -0.25) is 9.59 Å². The van der Waals surface area contributed by atoms with E-state index in [2.05, 4.69) is 20.4 Å². The van der Waals surface area contributed by atoms with Crippen LogP contribution in [0.5, 0.6) is 0 Å². The van der Waals surface area contributed by atoms with Crippen LogP contribution in [0.1, 0.15) is 27.3 Å². The monoisotopic (exact) mass is 275 g/mol. The predicted octanol–water partition coefficient (Wildman–Crippen LogP) is 0.0927. The summed E-state index contributed by atoms with van der Waals surface area (Å²) in [6.07, 6.45) is 3.92. The maximum Gasteiger partial charge on any atom is 0.279 e. The van der Waals surface area contributed by atoms with Crippen molar-refractivity contribution in [3.8, 4) is 0 Å². The van der Waals surface area contributed by atoms with E-state index in [0.717, 1.165) is 5.69 Å². The van der Waals surface area contributed by atoms with Gasteiger partial charge in [-0.25, -0.2) is 9.67 Å². The second-order valence-corrected chi connectivity index (χ2v) is 4.60. The number of amides is 1. The van der Waals surface area contributed by atoms with Gasteiger partial charge in [0.05, 0.1) is 12.0 Å². The number of nitrogens with one attached hydrogen (secondary N) is 2. The number of aryl methyl sites for hydroxylation is 2. The van der Waals surface area contributed by atoms with E-state index in [4.69, 9.17) is 0 Å². The van der Waals surface area contributed by atoms with Crippen LogP contribution in [0, 0.1) is 13.8 Å². The smallest absolute Gasteiger partial charge is 0.279 e. The van der Waals surface area contributed by atoms with Gasteiger partial charge >= 0.3 is 0 Å². The van der Waals surface area contributed by atoms with Gasteiger partial charge in [-0.1, -0.05) is 0 Å². The minimum atomic E-state index is -0.382. The molecule has 2 rings (SSSR count). The van der Waals surface area contributed by atoms with Gasteiger partial charge in [-0.05, 0) is 19.4 Å². The first-order valence-electron chi connectivity index (χ1n) is 6.30. The number of nitrogens with zero attached hydrogens (tertiary/aromatic N) is 3. The third kappa shape index (κ3) is 2.76. The topological polar surface area (TPSA) is 92.7 Å². The predicted molar refractivity (Wildman–Crippen MR) is 73.6 cm³/mol. The number of carbonyl (C=O) groups is 1. The molecule has 0 saturated heterocycles. The number of imidazole rings is 1. The van der Waals surface area contributed by atoms with E-state index in [1.807, 2.05) is 0 Å². The summed E-state index contributed by atoms with van der Waals surface area (Å²) in [6, 6.07) is 0. The summed E-state index contributed by atoms with van der Waals surface area (Å²) < 4.78 is 1.19. The van der Waals surface area contributed by atoms with Gasteiger partial charge in [0, 0.05) is 31.9 Å². The van der Waals surface area contributed by atoms with Gasteiger partial charge in [0.1, 0.15) is 5.56 Å². The van der Waals surface area contributed by atoms with E-state index in [1.165, 1.54) is 11.7 Å². The summed E-state index contributed by atoms with van der Waals surface area (Å²) in [7, 11) is 1.54. The van der Waals surface area contributed by atoms with Crippen molar-refractivity contribution in [3.05, 3.63) is 45.4 Å². The third-order valence-corrected chi connectivity index (χ3v) is 3.19. The van der Waals surface area contributed by atoms with Crippen molar-refractivity contribution in [1.29, 1.82) is 0 Å². The molecule has 0 unspecified atom stereocenters. The number of H-pyrrole nitrogens is 1. The summed E-state index contributed by atoms with van der Waals surface area (Å²) in [6.45, 7) is 3.94. The summed E-state index contributed by atoms with van der Waals surface area (Å²) in [4.78, 5) is 31.0. The molecule has 2 heterocycles. The first kappa shape index (κ1) is 14.0. The average molecular weight is 275 g/mol. The van der Waals surface area contributed by atoms with Crippen LogP contribution in [0.2, 0.25) is 0 Å². The van der Waals surface area contributed by atoms with Crippen LogP contribution in [0.15, 0.2) is 17.3 Å². The fourth-order valence-corrected chi connectivity index (χ4v) is 1.94. The number of carbonyl (C=O) groups excluding carboxylic acids is 1. The van der Waals surface area contributed by atoms with Crippen molar-refractivity contribution in [2.45, 2.75) is 20.3 Å². The molecule has 2 N–H and O–H groups in total. The lowest BCUT2D eigenvalue weighted by Crippen LogP contribution is -2.35. The molecule has 2 aromatic heterocycles. The maximum atomic E-state index is 12.1. The Hall–Kier alpha value is -2.44. The molecule has 0 aliphatic carbocycles. The lowest BCUT2D eigenvalue weighted by Gasteiger charge is -2.10. The zero-order chi connectivity index (χ0) is 14.7. The molecule has 0 aliphatic heterocycles. The molecule has 20 heavy (non-hydrogen) atoms. The fourth-order valence-electron chi connectivity index (χ4n) is 1.94. The second kappa shape index (κ2) is 5.68. The highest BCUT2D eigenvalue weighted by molar-refractivity contribution is 5.95. The minimum absolute atomic E-state index is 0.157. The molecule has 7 nitrogen and oxygen atoms in total. The Balaban J connectivity index is 2.11. The summed E-state index contributed by atoms with van der Waals surface area (Å²) in [5.74, 6) is -0.367. The van der Waals surface area contributed by atoms with Gasteiger partial charge in [-0.15, -0.1) is 0 Å². The highest BCUT2D eigenvalue weighted by Gasteiger charge is 2.17. The van der Waals surface area contributed by atoms with E-state index in [9.17, 15) is 9.59 Å². The van der Waals surface area contributed by atoms with Crippen LogP contribution < -0.4 is 10.9 Å². The zero-order valence-electron chi connectivity index (χ0n) is 11.7. The molecule has 0 fully saturated rings. The number of rotatable bonds is 4. The second-order valence-electron chi connectivity index (χ2n) is 4.60. The maximum absolute atomic E-state index is 12.1. The van der Waals surface area contributed by atoms with E-state index in [0.29, 0.717) is 24.2 Å². The van der Waals surface area contributed by atoms with Crippen molar-refractivity contribution in [2.24, 2.45) is 7.05 Å². The van der Waals surface area contributed by atoms with Crippen LogP contribution in [-0.4, -0.2) is 32.2 Å². The van der Waals surface area contributed by atoms with Crippen molar-refractivity contribution >= 4 is 5.91 Å². The van der Waals surface area contributed by atoms with E-state index < -0.39 is 0 Å². The van der Waals surface area contributed by atoms with Crippen molar-refractivity contribution in [2.75, 3.05) is 6.54 Å². The van der Waals surface area contributed by atoms with Crippen molar-refractivity contribution in [3.63, 3.8) is 0 Å². The first-order valence-corrected chi connectivity index (χ1v) is 6.30. The Morgan fingerprint density at radius 1 is 1.45 bits per heavy atom. The summed E-state index contributed by atoms with van der Waals surface area (Å²) >= 11 is 0. The Morgan fingerprint density at radius 2 is 2.20 bits per heavy atom. The average Bonchev–Trinajstić information content (AvgIpc) is 2.90. The molecule has 0 aromatic carbocycles. The SMILES string of the molecule is Cc1nn(C)c(=O)c(C(=O)NCCc2cnc[nH]2)c1C. The molecule has 0 bridgehead atoms. The molecule has 1 amide bonds. The molecule has 106 valence electrons. The van der Waals surface area contributed by atoms with Gasteiger partial charge in [0.25, 0.3) is 11.5 Å². The lowest BCUT2D eigenvalue weighted by atomic mass is 10.1. The van der Waals surface area contributed by atoms with Crippen LogP contribution >= 0.6 is 0 Å². The standard InChI is InChI=1S/C13H17N5O2/c1-8-9(2)17-18(3)13(20)11(8)12(19)15-5-4-10-6-14-7-16-10/h6-7H,4-5H2,1-3H3,(H,14,16)(H,15,19). The Labute approximate surface area is 116 Å². The molecule has 0 atom stereocenters. The fraction of sp³-hybridized carbons (Fsp3) is 0.385. The van der Waals surface area contributed by atoms with Crippen LogP contribution in [0.25, 0.3) is 0 Å². The molecular formula is C13H17N5O2. The molecule has 0 spiro atoms. The molecule has 0 aliphatic rings. The number of hydrogen-bond donors (Lipinski definition) is 2. The number of hydrogen-bond acceptors (Lipinski definition) is 4. The molecule has 0 saturated carbocycles. The van der Waals surface area contributed by atoms with Gasteiger partial charge in [-0.2, -0.15) is 5.10 Å². The van der Waals surface area contributed by atoms with Crippen LogP contribution in [0.3, 0.4) is 0 Å². The van der Waals surface area contributed by atoms with E-state index in [1.54, 1.807) is 26.4 Å². The van der Waals surface area contributed by atoms with Gasteiger partial charge < -0.3 is 10.3 Å². The largest absolute Gasteiger partial charge is 0.351 e. The molecule has 0 radical (unpaired) electrons. The number of aromatic amines is 1. The zero-order valence-corrected chi connectivity index (χ0v) is 11.7. The third-order valence-electron chi connectivity index (χ3n) is 3.19.